The van der Waals surface area contributed by atoms with Crippen LogP contribution in [-0.4, -0.2) is 24.0 Å². The second kappa shape index (κ2) is 4.46. The molecule has 0 radical (unpaired) electrons. The van der Waals surface area contributed by atoms with Crippen LogP contribution in [0, 0.1) is 0 Å². The highest BCUT2D eigenvalue weighted by atomic mass is 15.2. The minimum Gasteiger partial charge on any atom is -0.297 e. The van der Waals surface area contributed by atoms with Crippen molar-refractivity contribution in [1.29, 1.82) is 0 Å². The smallest absolute Gasteiger partial charge is 0.0252 e. The largest absolute Gasteiger partial charge is 0.297 e. The van der Waals surface area contributed by atoms with Crippen LogP contribution in [0.15, 0.2) is 24.3 Å². The van der Waals surface area contributed by atoms with Crippen molar-refractivity contribution in [2.75, 3.05) is 13.1 Å². The fourth-order valence-corrected chi connectivity index (χ4v) is 1.57. The fraction of sp³-hybridized carbons (Fsp3) is 0.636. The first-order chi connectivity index (χ1) is 5.70. The monoisotopic (exact) mass is 165 g/mol. The molecular formula is C11H19N. The molecule has 0 aromatic carbocycles. The zero-order valence-corrected chi connectivity index (χ0v) is 8.21. The van der Waals surface area contributed by atoms with Gasteiger partial charge in [0.25, 0.3) is 0 Å². The highest BCUT2D eigenvalue weighted by Crippen LogP contribution is 2.12. The molecule has 0 aromatic heterocycles. The Bertz CT molecular complexity index is 175. The van der Waals surface area contributed by atoms with Crippen molar-refractivity contribution in [3.8, 4) is 0 Å². The summed E-state index contributed by atoms with van der Waals surface area (Å²) in [4.78, 5) is 2.51. The predicted octanol–water partition coefficient (Wildman–Crippen LogP) is 2.60. The Labute approximate surface area is 75.8 Å². The van der Waals surface area contributed by atoms with Crippen LogP contribution in [0.25, 0.3) is 0 Å². The van der Waals surface area contributed by atoms with Crippen LogP contribution in [0.5, 0.6) is 0 Å². The van der Waals surface area contributed by atoms with E-state index in [1.165, 1.54) is 25.9 Å². The summed E-state index contributed by atoms with van der Waals surface area (Å²) in [7, 11) is 0. The predicted molar refractivity (Wildman–Crippen MR) is 54.2 cm³/mol. The highest BCUT2D eigenvalue weighted by Gasteiger charge is 2.14. The van der Waals surface area contributed by atoms with Crippen molar-refractivity contribution in [2.24, 2.45) is 0 Å². The summed E-state index contributed by atoms with van der Waals surface area (Å²) in [5.41, 5.74) is 1.14. The lowest BCUT2D eigenvalue weighted by Gasteiger charge is -2.20. The lowest BCUT2D eigenvalue weighted by Crippen LogP contribution is -2.28. The van der Waals surface area contributed by atoms with Gasteiger partial charge in [-0.25, -0.2) is 0 Å². The average molecular weight is 165 g/mol. The molecule has 0 aromatic rings. The van der Waals surface area contributed by atoms with Crippen molar-refractivity contribution in [3.05, 3.63) is 24.3 Å². The molecule has 1 heteroatoms. The summed E-state index contributed by atoms with van der Waals surface area (Å²) < 4.78 is 0. The molecule has 1 atom stereocenters. The molecule has 1 nitrogen and oxygen atoms in total. The van der Waals surface area contributed by atoms with Gasteiger partial charge in [0.1, 0.15) is 0 Å². The molecule has 68 valence electrons. The molecule has 1 heterocycles. The molecule has 0 N–H and O–H groups in total. The quantitative estimate of drug-likeness (QED) is 0.581. The summed E-state index contributed by atoms with van der Waals surface area (Å²) in [6.45, 7) is 10.7. The zero-order valence-electron chi connectivity index (χ0n) is 8.21. The van der Waals surface area contributed by atoms with E-state index in [4.69, 9.17) is 0 Å². The number of hydrogen-bond acceptors (Lipinski definition) is 1. The first-order valence-corrected chi connectivity index (χ1v) is 4.78. The van der Waals surface area contributed by atoms with Crippen molar-refractivity contribution < 1.29 is 0 Å². The molecule has 1 saturated heterocycles. The lowest BCUT2D eigenvalue weighted by molar-refractivity contribution is 0.300. The van der Waals surface area contributed by atoms with Gasteiger partial charge in [-0.1, -0.05) is 24.3 Å². The van der Waals surface area contributed by atoms with E-state index in [1.54, 1.807) is 0 Å². The van der Waals surface area contributed by atoms with E-state index in [0.717, 1.165) is 5.57 Å². The van der Waals surface area contributed by atoms with Crippen LogP contribution in [0.4, 0.5) is 0 Å². The van der Waals surface area contributed by atoms with Crippen molar-refractivity contribution in [3.63, 3.8) is 0 Å². The topological polar surface area (TPSA) is 3.24 Å². The first kappa shape index (κ1) is 9.53. The first-order valence-electron chi connectivity index (χ1n) is 4.78. The molecular weight excluding hydrogens is 146 g/mol. The minimum atomic E-state index is 0.587. The molecule has 1 rings (SSSR count). The van der Waals surface area contributed by atoms with Crippen LogP contribution in [0.3, 0.4) is 0 Å². The Morgan fingerprint density at radius 2 is 2.00 bits per heavy atom. The molecule has 1 unspecified atom stereocenters. The summed E-state index contributed by atoms with van der Waals surface area (Å²) in [5.74, 6) is 0. The summed E-state index contributed by atoms with van der Waals surface area (Å²) in [6.07, 6.45) is 7.09. The van der Waals surface area contributed by atoms with Gasteiger partial charge >= 0.3 is 0 Å². The van der Waals surface area contributed by atoms with E-state index in [0.29, 0.717) is 6.04 Å². The Hall–Kier alpha value is -0.560. The van der Waals surface area contributed by atoms with Gasteiger partial charge in [0.2, 0.25) is 0 Å². The van der Waals surface area contributed by atoms with Crippen LogP contribution in [0.1, 0.15) is 26.7 Å². The van der Waals surface area contributed by atoms with Crippen molar-refractivity contribution in [1.82, 2.24) is 4.90 Å². The third-order valence-electron chi connectivity index (χ3n) is 2.38. The molecule has 1 aliphatic heterocycles. The van der Waals surface area contributed by atoms with Gasteiger partial charge in [-0.05, 0) is 39.8 Å². The lowest BCUT2D eigenvalue weighted by atomic mass is 10.2. The Morgan fingerprint density at radius 3 is 2.50 bits per heavy atom. The third-order valence-corrected chi connectivity index (χ3v) is 2.38. The van der Waals surface area contributed by atoms with Crippen LogP contribution >= 0.6 is 0 Å². The van der Waals surface area contributed by atoms with Crippen LogP contribution < -0.4 is 0 Å². The Kier molecular flexibility index (Phi) is 3.54. The Balaban J connectivity index is 2.36. The molecule has 12 heavy (non-hydrogen) atoms. The highest BCUT2D eigenvalue weighted by molar-refractivity contribution is 5.13. The standard InChI is InChI=1S/C11H19N/c1-10(2)6-7-11(3)12-8-4-5-9-12/h6-7,11H,1,4-5,8-9H2,2-3H3/b7-6+. The summed E-state index contributed by atoms with van der Waals surface area (Å²) >= 11 is 0. The van der Waals surface area contributed by atoms with Crippen molar-refractivity contribution in [2.45, 2.75) is 32.7 Å². The number of nitrogens with zero attached hydrogens (tertiary/aromatic N) is 1. The van der Waals surface area contributed by atoms with Gasteiger partial charge in [-0.2, -0.15) is 0 Å². The molecule has 0 aliphatic carbocycles. The number of hydrogen-bond donors (Lipinski definition) is 0. The Morgan fingerprint density at radius 1 is 1.42 bits per heavy atom. The van der Waals surface area contributed by atoms with E-state index >= 15 is 0 Å². The van der Waals surface area contributed by atoms with Crippen LogP contribution in [-0.2, 0) is 0 Å². The maximum absolute atomic E-state index is 3.85. The van der Waals surface area contributed by atoms with Crippen molar-refractivity contribution >= 4 is 0 Å². The van der Waals surface area contributed by atoms with Gasteiger partial charge < -0.3 is 0 Å². The summed E-state index contributed by atoms with van der Waals surface area (Å²) in [5, 5.41) is 0. The number of rotatable bonds is 3. The van der Waals surface area contributed by atoms with Gasteiger partial charge in [0.05, 0.1) is 0 Å². The van der Waals surface area contributed by atoms with Crippen LogP contribution in [0.2, 0.25) is 0 Å². The minimum absolute atomic E-state index is 0.587. The summed E-state index contributed by atoms with van der Waals surface area (Å²) in [6, 6.07) is 0.587. The molecule has 0 spiro atoms. The van der Waals surface area contributed by atoms with E-state index in [9.17, 15) is 0 Å². The molecule has 1 aliphatic rings. The maximum atomic E-state index is 3.85. The SMILES string of the molecule is C=C(C)/C=C/C(C)N1CCCC1. The van der Waals surface area contributed by atoms with Gasteiger partial charge in [0, 0.05) is 6.04 Å². The number of likely N-dealkylation sites (tertiary alicyclic amines) is 1. The fourth-order valence-electron chi connectivity index (χ4n) is 1.57. The molecule has 0 bridgehead atoms. The van der Waals surface area contributed by atoms with Gasteiger partial charge in [-0.15, -0.1) is 0 Å². The van der Waals surface area contributed by atoms with E-state index in [1.807, 2.05) is 6.92 Å². The second-order valence-corrected chi connectivity index (χ2v) is 3.69. The molecule has 0 saturated carbocycles. The molecule has 0 amide bonds. The normalized spacial score (nSPS) is 21.8. The van der Waals surface area contributed by atoms with E-state index in [2.05, 4.69) is 30.6 Å². The van der Waals surface area contributed by atoms with E-state index < -0.39 is 0 Å². The number of allylic oxidation sites excluding steroid dienone is 2. The maximum Gasteiger partial charge on any atom is 0.0252 e. The third kappa shape index (κ3) is 2.82. The average Bonchev–Trinajstić information content (AvgIpc) is 2.51. The van der Waals surface area contributed by atoms with Gasteiger partial charge in [-0.3, -0.25) is 4.90 Å². The van der Waals surface area contributed by atoms with Gasteiger partial charge in [0.15, 0.2) is 0 Å². The second-order valence-electron chi connectivity index (χ2n) is 3.69. The van der Waals surface area contributed by atoms with E-state index in [-0.39, 0.29) is 0 Å². The molecule has 1 fully saturated rings. The zero-order chi connectivity index (χ0) is 8.97.